The molecule has 3 atom stereocenters. The Balaban J connectivity index is 2.17. The summed E-state index contributed by atoms with van der Waals surface area (Å²) in [6.07, 6.45) is 5.79. The number of hydrogen-bond donors (Lipinski definition) is 1. The van der Waals surface area contributed by atoms with E-state index in [-0.39, 0.29) is 18.8 Å². The Bertz CT molecular complexity index is 450. The highest BCUT2D eigenvalue weighted by molar-refractivity contribution is 8.13. The summed E-state index contributed by atoms with van der Waals surface area (Å²) in [5.41, 5.74) is 0.862. The molecule has 2 rings (SSSR count). The maximum absolute atomic E-state index is 9.26. The Kier molecular flexibility index (Phi) is 5.33. The van der Waals surface area contributed by atoms with E-state index in [0.717, 1.165) is 17.2 Å². The molecule has 20 heavy (non-hydrogen) atoms. The van der Waals surface area contributed by atoms with Gasteiger partial charge in [0.2, 0.25) is 0 Å². The first-order valence-corrected chi connectivity index (χ1v) is 7.75. The van der Waals surface area contributed by atoms with Gasteiger partial charge in [0, 0.05) is 6.20 Å². The van der Waals surface area contributed by atoms with Crippen LogP contribution >= 0.6 is 11.8 Å². The molecule has 1 N–H and O–H groups in total. The van der Waals surface area contributed by atoms with Gasteiger partial charge in [-0.1, -0.05) is 6.92 Å². The lowest BCUT2D eigenvalue weighted by Gasteiger charge is -2.29. The average molecular weight is 296 g/mol. The topological polar surface area (TPSA) is 69.8 Å². The van der Waals surface area contributed by atoms with E-state index in [9.17, 15) is 5.11 Å². The predicted molar refractivity (Wildman–Crippen MR) is 83.3 cm³/mol. The zero-order valence-electron chi connectivity index (χ0n) is 11.8. The molecule has 0 spiro atoms. The molecule has 0 aromatic rings. The van der Waals surface area contributed by atoms with Gasteiger partial charge >= 0.3 is 0 Å². The molecule has 0 bridgehead atoms. The second-order valence-corrected chi connectivity index (χ2v) is 5.71. The van der Waals surface area contributed by atoms with Crippen LogP contribution in [0.15, 0.2) is 27.0 Å². The average Bonchev–Trinajstić information content (AvgIpc) is 2.86. The largest absolute Gasteiger partial charge is 0.394 e. The third-order valence-electron chi connectivity index (χ3n) is 3.42. The molecular formula is C13H20N4O2S. The Hall–Kier alpha value is -1.18. The normalized spacial score (nSPS) is 30.6. The van der Waals surface area contributed by atoms with Crippen LogP contribution in [0.2, 0.25) is 0 Å². The number of hydrazone groups is 1. The molecule has 2 aliphatic rings. The smallest absolute Gasteiger partial charge is 0.136 e. The number of aliphatic hydroxyl groups is 1. The van der Waals surface area contributed by atoms with E-state index in [2.05, 4.69) is 28.7 Å². The van der Waals surface area contributed by atoms with E-state index in [1.54, 1.807) is 18.0 Å². The number of aliphatic imine (C=N–C) groups is 2. The fourth-order valence-corrected chi connectivity index (χ4v) is 2.84. The van der Waals surface area contributed by atoms with Crippen molar-refractivity contribution < 1.29 is 9.84 Å². The van der Waals surface area contributed by atoms with Gasteiger partial charge in [-0.2, -0.15) is 5.10 Å². The van der Waals surface area contributed by atoms with Gasteiger partial charge in [-0.3, -0.25) is 10.0 Å². The number of nitrogens with zero attached hydrogens (tertiary/aromatic N) is 4. The van der Waals surface area contributed by atoms with E-state index in [1.807, 2.05) is 11.3 Å². The molecule has 1 saturated heterocycles. The summed E-state index contributed by atoms with van der Waals surface area (Å²) in [5.74, 6) is 0.298. The number of aliphatic hydroxyl groups excluding tert-OH is 1. The predicted octanol–water partition coefficient (Wildman–Crippen LogP) is 1.33. The number of thioether (sulfide) groups is 1. The van der Waals surface area contributed by atoms with Crippen molar-refractivity contribution in [3.8, 4) is 0 Å². The van der Waals surface area contributed by atoms with Crippen LogP contribution in [0.4, 0.5) is 0 Å². The summed E-state index contributed by atoms with van der Waals surface area (Å²) in [6.45, 7) is 6.28. The maximum atomic E-state index is 9.26. The highest BCUT2D eigenvalue weighted by Gasteiger charge is 2.37. The molecule has 7 heteroatoms. The minimum absolute atomic E-state index is 0.0381. The fraction of sp³-hybridized carbons (Fsp3) is 0.615. The van der Waals surface area contributed by atoms with Gasteiger partial charge in [0.25, 0.3) is 0 Å². The van der Waals surface area contributed by atoms with E-state index >= 15 is 0 Å². The zero-order valence-corrected chi connectivity index (χ0v) is 12.6. The standard InChI is InChI=1S/C13H20N4O2S/c1-9-4-10(7-18)19-13(9)11(5-14-2)17-6-12(20-3)15-8-16-17/h5,8-10,13,18H,2,4,6-7H2,1,3H3/b11-5-. The van der Waals surface area contributed by atoms with Crippen LogP contribution in [0.25, 0.3) is 0 Å². The van der Waals surface area contributed by atoms with Crippen molar-refractivity contribution in [2.45, 2.75) is 25.6 Å². The third kappa shape index (κ3) is 3.28. The molecule has 0 amide bonds. The Morgan fingerprint density at radius 3 is 3.15 bits per heavy atom. The number of hydrogen-bond acceptors (Lipinski definition) is 7. The summed E-state index contributed by atoms with van der Waals surface area (Å²) < 4.78 is 5.89. The van der Waals surface area contributed by atoms with Crippen LogP contribution in [-0.4, -0.2) is 59.8 Å². The summed E-state index contributed by atoms with van der Waals surface area (Å²) in [7, 11) is 0. The van der Waals surface area contributed by atoms with Crippen molar-refractivity contribution in [3.05, 3.63) is 11.9 Å². The Morgan fingerprint density at radius 2 is 2.55 bits per heavy atom. The highest BCUT2D eigenvalue weighted by atomic mass is 32.2. The minimum Gasteiger partial charge on any atom is -0.394 e. The monoisotopic (exact) mass is 296 g/mol. The van der Waals surface area contributed by atoms with Crippen LogP contribution in [-0.2, 0) is 4.74 Å². The van der Waals surface area contributed by atoms with Crippen molar-refractivity contribution in [1.82, 2.24) is 5.01 Å². The summed E-state index contributed by atoms with van der Waals surface area (Å²) in [5, 5.41) is 16.4. The maximum Gasteiger partial charge on any atom is 0.136 e. The first kappa shape index (κ1) is 15.2. The second-order valence-electron chi connectivity index (χ2n) is 4.83. The lowest BCUT2D eigenvalue weighted by molar-refractivity contribution is 0.0115. The molecule has 0 radical (unpaired) electrons. The van der Waals surface area contributed by atoms with Crippen molar-refractivity contribution in [3.63, 3.8) is 0 Å². The van der Waals surface area contributed by atoms with Crippen molar-refractivity contribution in [2.75, 3.05) is 19.4 Å². The second kappa shape index (κ2) is 7.01. The van der Waals surface area contributed by atoms with E-state index in [0.29, 0.717) is 12.5 Å². The molecule has 3 unspecified atom stereocenters. The van der Waals surface area contributed by atoms with Gasteiger partial charge in [0.05, 0.1) is 30.0 Å². The molecule has 2 heterocycles. The SMILES string of the molecule is C=N/C=C(/C1OC(CO)CC1C)N1CC(SC)=NC=N1. The summed E-state index contributed by atoms with van der Waals surface area (Å²) in [4.78, 5) is 8.08. The zero-order chi connectivity index (χ0) is 14.5. The Morgan fingerprint density at radius 1 is 1.75 bits per heavy atom. The van der Waals surface area contributed by atoms with E-state index < -0.39 is 0 Å². The molecule has 0 saturated carbocycles. The van der Waals surface area contributed by atoms with Crippen molar-refractivity contribution >= 4 is 29.9 Å². The lowest BCUT2D eigenvalue weighted by Crippen LogP contribution is -2.34. The molecule has 2 aliphatic heterocycles. The van der Waals surface area contributed by atoms with Gasteiger partial charge in [-0.25, -0.2) is 4.99 Å². The summed E-state index contributed by atoms with van der Waals surface area (Å²) in [6, 6.07) is 0. The van der Waals surface area contributed by atoms with Gasteiger partial charge in [0.1, 0.15) is 12.4 Å². The molecule has 0 aromatic carbocycles. The van der Waals surface area contributed by atoms with Crippen LogP contribution in [0, 0.1) is 5.92 Å². The molecule has 6 nitrogen and oxygen atoms in total. The van der Waals surface area contributed by atoms with Gasteiger partial charge < -0.3 is 9.84 Å². The third-order valence-corrected chi connectivity index (χ3v) is 4.13. The molecule has 0 aliphatic carbocycles. The van der Waals surface area contributed by atoms with E-state index in [1.165, 1.54) is 6.34 Å². The van der Waals surface area contributed by atoms with Crippen LogP contribution < -0.4 is 0 Å². The van der Waals surface area contributed by atoms with Gasteiger partial charge in [-0.15, -0.1) is 11.8 Å². The molecule has 110 valence electrons. The van der Waals surface area contributed by atoms with Gasteiger partial charge in [-0.05, 0) is 25.3 Å². The lowest BCUT2D eigenvalue weighted by atomic mass is 9.99. The first-order valence-electron chi connectivity index (χ1n) is 6.52. The molecular weight excluding hydrogens is 276 g/mol. The van der Waals surface area contributed by atoms with Crippen LogP contribution in [0.1, 0.15) is 13.3 Å². The van der Waals surface area contributed by atoms with E-state index in [4.69, 9.17) is 4.74 Å². The molecule has 0 aromatic heterocycles. The number of rotatable bonds is 4. The number of ether oxygens (including phenoxy) is 1. The van der Waals surface area contributed by atoms with Crippen molar-refractivity contribution in [1.29, 1.82) is 0 Å². The quantitative estimate of drug-likeness (QED) is 0.795. The summed E-state index contributed by atoms with van der Waals surface area (Å²) >= 11 is 1.60. The first-order chi connectivity index (χ1) is 9.69. The Labute approximate surface area is 123 Å². The fourth-order valence-electron chi connectivity index (χ4n) is 2.43. The van der Waals surface area contributed by atoms with Crippen molar-refractivity contribution in [2.24, 2.45) is 21.0 Å². The van der Waals surface area contributed by atoms with Gasteiger partial charge in [0.15, 0.2) is 0 Å². The highest BCUT2D eigenvalue weighted by Crippen LogP contribution is 2.33. The van der Waals surface area contributed by atoms with Crippen LogP contribution in [0.3, 0.4) is 0 Å². The van der Waals surface area contributed by atoms with Crippen LogP contribution in [0.5, 0.6) is 0 Å². The minimum atomic E-state index is -0.129. The molecule has 1 fully saturated rings.